The van der Waals surface area contributed by atoms with E-state index in [1.165, 1.54) is 22.3 Å². The van der Waals surface area contributed by atoms with Gasteiger partial charge >= 0.3 is 0 Å². The van der Waals surface area contributed by atoms with E-state index in [1.807, 2.05) is 0 Å². The molecular weight excluding hydrogens is 635 g/mol. The number of nitrogens with zero attached hydrogens (tertiary/aromatic N) is 2. The Bertz CT molecular complexity index is 2350. The van der Waals surface area contributed by atoms with Crippen molar-refractivity contribution in [1.29, 1.82) is 0 Å². The van der Waals surface area contributed by atoms with Crippen LogP contribution >= 0.6 is 0 Å². The molecule has 0 fully saturated rings. The molecule has 0 unspecified atom stereocenters. The van der Waals surface area contributed by atoms with E-state index in [9.17, 15) is 0 Å². The zero-order chi connectivity index (χ0) is 35.3. The van der Waals surface area contributed by atoms with E-state index in [1.54, 1.807) is 0 Å². The first-order valence-corrected chi connectivity index (χ1v) is 17.7. The molecule has 0 radical (unpaired) electrons. The Morgan fingerprint density at radius 3 is 0.962 bits per heavy atom. The monoisotopic (exact) mass is 671 g/mol. The second-order valence-electron chi connectivity index (χ2n) is 13.8. The third-order valence-corrected chi connectivity index (χ3v) is 9.99. The molecule has 52 heavy (non-hydrogen) atoms. The number of fused-ring (bicyclic) bond motifs is 8. The average Bonchev–Trinajstić information content (AvgIpc) is 3.99. The van der Waals surface area contributed by atoms with Crippen molar-refractivity contribution in [3.8, 4) is 44.5 Å². The molecule has 2 aliphatic rings. The van der Waals surface area contributed by atoms with Crippen molar-refractivity contribution in [2.45, 2.75) is 27.7 Å². The van der Waals surface area contributed by atoms with Gasteiger partial charge in [-0.1, -0.05) is 119 Å². The normalized spacial score (nSPS) is 12.1. The second-order valence-corrected chi connectivity index (χ2v) is 13.8. The number of aromatic nitrogens is 3. The van der Waals surface area contributed by atoms with E-state index in [-0.39, 0.29) is 0 Å². The molecule has 5 heterocycles. The zero-order valence-electron chi connectivity index (χ0n) is 29.7. The van der Waals surface area contributed by atoms with Crippen LogP contribution in [0.3, 0.4) is 0 Å². The van der Waals surface area contributed by atoms with Gasteiger partial charge in [0, 0.05) is 22.2 Å². The van der Waals surface area contributed by atoms with Gasteiger partial charge in [-0.3, -0.25) is 0 Å². The smallest absolute Gasteiger partial charge is 0.137 e. The zero-order valence-corrected chi connectivity index (χ0v) is 29.7. The number of hydrogen-bond donors (Lipinski definition) is 1. The van der Waals surface area contributed by atoms with Gasteiger partial charge in [0.15, 0.2) is 0 Å². The van der Waals surface area contributed by atoms with E-state index in [0.29, 0.717) is 0 Å². The van der Waals surface area contributed by atoms with Gasteiger partial charge in [-0.15, -0.1) is 0 Å². The van der Waals surface area contributed by atoms with Gasteiger partial charge in [0.1, 0.15) is 11.2 Å². The number of aromatic amines is 1. The van der Waals surface area contributed by atoms with E-state index < -0.39 is 0 Å². The lowest BCUT2D eigenvalue weighted by atomic mass is 10.0. The lowest BCUT2D eigenvalue weighted by Gasteiger charge is -2.07. The fourth-order valence-electron chi connectivity index (χ4n) is 7.17. The first-order valence-electron chi connectivity index (χ1n) is 17.7. The summed E-state index contributed by atoms with van der Waals surface area (Å²) in [6.07, 6.45) is 8.48. The highest BCUT2D eigenvalue weighted by molar-refractivity contribution is 5.99. The largest absolute Gasteiger partial charge is 0.456 e. The Morgan fingerprint density at radius 1 is 0.346 bits per heavy atom. The van der Waals surface area contributed by atoms with Gasteiger partial charge in [0.2, 0.25) is 0 Å². The van der Waals surface area contributed by atoms with Crippen molar-refractivity contribution in [2.75, 3.05) is 0 Å². The third kappa shape index (κ3) is 5.69. The van der Waals surface area contributed by atoms with Crippen LogP contribution in [0.4, 0.5) is 0 Å². The van der Waals surface area contributed by atoms with E-state index in [0.717, 1.165) is 89.5 Å². The number of H-pyrrole nitrogens is 1. The number of hydrogen-bond acceptors (Lipinski definition) is 3. The quantitative estimate of drug-likeness (QED) is 0.203. The Kier molecular flexibility index (Phi) is 7.66. The second kappa shape index (κ2) is 12.7. The molecule has 8 bridgehead atoms. The summed E-state index contributed by atoms with van der Waals surface area (Å²) in [5.74, 6) is 0. The predicted molar refractivity (Wildman–Crippen MR) is 217 cm³/mol. The summed E-state index contributed by atoms with van der Waals surface area (Å²) in [6, 6.07) is 43.0. The maximum atomic E-state index is 6.91. The van der Waals surface area contributed by atoms with Crippen LogP contribution < -0.4 is 0 Å². The summed E-state index contributed by atoms with van der Waals surface area (Å²) in [7, 11) is 0. The van der Waals surface area contributed by atoms with Crippen LogP contribution in [-0.4, -0.2) is 15.0 Å². The Balaban J connectivity index is 1.47. The lowest BCUT2D eigenvalue weighted by molar-refractivity contribution is 0.667. The fraction of sp³-hybridized carbons (Fsp3) is 0.0833. The van der Waals surface area contributed by atoms with Crippen molar-refractivity contribution in [3.05, 3.63) is 166 Å². The highest BCUT2D eigenvalue weighted by Crippen LogP contribution is 2.39. The minimum Gasteiger partial charge on any atom is -0.456 e. The summed E-state index contributed by atoms with van der Waals surface area (Å²) in [4.78, 5) is 14.6. The van der Waals surface area contributed by atoms with Crippen LogP contribution in [0.5, 0.6) is 0 Å². The molecule has 2 aliphatic heterocycles. The van der Waals surface area contributed by atoms with Crippen molar-refractivity contribution >= 4 is 46.5 Å². The Hall–Kier alpha value is -6.52. The van der Waals surface area contributed by atoms with Crippen LogP contribution in [0.15, 0.2) is 126 Å². The first-order chi connectivity index (χ1) is 25.4. The molecule has 9 rings (SSSR count). The molecule has 4 aromatic carbocycles. The van der Waals surface area contributed by atoms with Gasteiger partial charge in [-0.2, -0.15) is 0 Å². The van der Waals surface area contributed by atoms with Crippen molar-refractivity contribution < 1.29 is 4.42 Å². The van der Waals surface area contributed by atoms with Crippen LogP contribution in [0.25, 0.3) is 91.0 Å². The van der Waals surface area contributed by atoms with Gasteiger partial charge in [-0.25, -0.2) is 9.97 Å². The number of benzene rings is 4. The van der Waals surface area contributed by atoms with Crippen LogP contribution in [0, 0.1) is 27.7 Å². The standard InChI is InChI=1S/C48H37N3O/c1-29-5-13-33(14-6-29)45-37-21-22-38(49-37)46(34-15-7-30(2)8-16-34)40-24-26-42(51-40)48(36-19-11-32(4)12-20-36)44-28-27-43(52-44)47(41-25-23-39(45)50-41)35-17-9-31(3)10-18-35/h5-28,49H,1-4H3. The van der Waals surface area contributed by atoms with Gasteiger partial charge in [0.05, 0.1) is 33.9 Å². The van der Waals surface area contributed by atoms with Crippen LogP contribution in [-0.2, 0) is 0 Å². The van der Waals surface area contributed by atoms with E-state index in [2.05, 4.69) is 178 Å². The van der Waals surface area contributed by atoms with Crippen molar-refractivity contribution in [2.24, 2.45) is 0 Å². The molecule has 0 spiro atoms. The molecule has 0 saturated heterocycles. The predicted octanol–water partition coefficient (Wildman–Crippen LogP) is 12.8. The van der Waals surface area contributed by atoms with Crippen LogP contribution in [0.2, 0.25) is 0 Å². The lowest BCUT2D eigenvalue weighted by Crippen LogP contribution is -1.89. The van der Waals surface area contributed by atoms with E-state index >= 15 is 0 Å². The minimum atomic E-state index is 0.748. The molecule has 7 aromatic rings. The summed E-state index contributed by atoms with van der Waals surface area (Å²) >= 11 is 0. The average molecular weight is 672 g/mol. The summed E-state index contributed by atoms with van der Waals surface area (Å²) in [5, 5.41) is 0. The molecule has 4 nitrogen and oxygen atoms in total. The van der Waals surface area contributed by atoms with Crippen molar-refractivity contribution in [1.82, 2.24) is 15.0 Å². The molecule has 0 aliphatic carbocycles. The molecule has 250 valence electrons. The highest BCUT2D eigenvalue weighted by atomic mass is 16.3. The Morgan fingerprint density at radius 2 is 0.635 bits per heavy atom. The molecule has 4 heteroatoms. The highest BCUT2D eigenvalue weighted by Gasteiger charge is 2.19. The third-order valence-electron chi connectivity index (χ3n) is 9.99. The van der Waals surface area contributed by atoms with Gasteiger partial charge < -0.3 is 9.40 Å². The fourth-order valence-corrected chi connectivity index (χ4v) is 7.17. The summed E-state index contributed by atoms with van der Waals surface area (Å²) in [5.41, 5.74) is 19.9. The number of rotatable bonds is 4. The molecule has 1 N–H and O–H groups in total. The van der Waals surface area contributed by atoms with E-state index in [4.69, 9.17) is 14.4 Å². The number of nitrogens with one attached hydrogen (secondary N) is 1. The maximum absolute atomic E-state index is 6.91. The van der Waals surface area contributed by atoms with Crippen LogP contribution in [0.1, 0.15) is 45.0 Å². The summed E-state index contributed by atoms with van der Waals surface area (Å²) in [6.45, 7) is 8.45. The Labute approximate surface area is 303 Å². The first kappa shape index (κ1) is 31.5. The van der Waals surface area contributed by atoms with Crippen molar-refractivity contribution in [3.63, 3.8) is 0 Å². The summed E-state index contributed by atoms with van der Waals surface area (Å²) < 4.78 is 6.91. The molecule has 3 aromatic heterocycles. The minimum absolute atomic E-state index is 0.748. The SMILES string of the molecule is Cc1ccc(-c2c3nc(c(-c4ccc(C)cc4)c4ccc(o4)c(-c4ccc(C)cc4)c4nc(c(-c5ccc(C)cc5)c5ccc2[nH]5)C=C4)C=C3)cc1. The maximum Gasteiger partial charge on any atom is 0.137 e. The molecule has 0 saturated carbocycles. The number of furan rings is 1. The molecule has 0 atom stereocenters. The van der Waals surface area contributed by atoms with Gasteiger partial charge in [0.25, 0.3) is 0 Å². The molecular formula is C48H37N3O. The topological polar surface area (TPSA) is 54.7 Å². The number of aryl methyl sites for hydroxylation is 4. The molecule has 0 amide bonds. The van der Waals surface area contributed by atoms with Gasteiger partial charge in [-0.05, 0) is 98.5 Å².